The van der Waals surface area contributed by atoms with E-state index in [0.717, 1.165) is 17.0 Å². The molecule has 1 aromatic heterocycles. The van der Waals surface area contributed by atoms with Crippen molar-refractivity contribution in [3.05, 3.63) is 52.5 Å². The summed E-state index contributed by atoms with van der Waals surface area (Å²) in [7, 11) is 4.80. The maximum atomic E-state index is 14.5. The van der Waals surface area contributed by atoms with E-state index < -0.39 is 47.6 Å². The number of nitrogens with two attached hydrogens (primary N) is 1. The van der Waals surface area contributed by atoms with E-state index in [9.17, 15) is 24.0 Å². The first-order valence-electron chi connectivity index (χ1n) is 26.6. The van der Waals surface area contributed by atoms with E-state index in [1.165, 1.54) is 18.4 Å². The molecule has 0 spiro atoms. The number of likely N-dealkylation sites (N-methyl/N-ethyl adjacent to an activating group) is 1. The summed E-state index contributed by atoms with van der Waals surface area (Å²) in [6, 6.07) is 7.75. The van der Waals surface area contributed by atoms with Gasteiger partial charge in [0.2, 0.25) is 29.5 Å². The van der Waals surface area contributed by atoms with E-state index in [2.05, 4.69) is 20.9 Å². The van der Waals surface area contributed by atoms with Crippen LogP contribution in [0.5, 0.6) is 0 Å². The summed E-state index contributed by atoms with van der Waals surface area (Å²) < 4.78 is 44.9. The summed E-state index contributed by atoms with van der Waals surface area (Å²) in [5.74, 6) is -2.65. The lowest BCUT2D eigenvalue weighted by Gasteiger charge is -2.41. The second-order valence-electron chi connectivity index (χ2n) is 19.8. The molecule has 0 saturated carbocycles. The van der Waals surface area contributed by atoms with Crippen LogP contribution in [0, 0.1) is 17.8 Å². The number of carbonyl (C=O) groups is 5. The van der Waals surface area contributed by atoms with Crippen molar-refractivity contribution >= 4 is 40.9 Å². The van der Waals surface area contributed by atoms with E-state index >= 15 is 0 Å². The first-order chi connectivity index (χ1) is 36.0. The van der Waals surface area contributed by atoms with Gasteiger partial charge in [-0.1, -0.05) is 71.4 Å². The zero-order valence-electron chi connectivity index (χ0n) is 46.5. The molecule has 5 amide bonds. The van der Waals surface area contributed by atoms with Gasteiger partial charge in [-0.05, 0) is 50.5 Å². The molecule has 0 bridgehead atoms. The number of carbonyl (C=O) groups excluding carboxylic acids is 5. The minimum absolute atomic E-state index is 0.0120. The molecule has 1 aliphatic heterocycles. The maximum absolute atomic E-state index is 14.5. The Balaban J connectivity index is 1.50. The second kappa shape index (κ2) is 36.0. The van der Waals surface area contributed by atoms with Crippen LogP contribution in [-0.2, 0) is 68.3 Å². The number of rotatable bonds is 40. The van der Waals surface area contributed by atoms with Crippen LogP contribution in [-0.4, -0.2) is 194 Å². The third-order valence-electron chi connectivity index (χ3n) is 13.4. The normalized spacial score (nSPS) is 16.7. The van der Waals surface area contributed by atoms with Gasteiger partial charge < -0.3 is 69.4 Å². The molecule has 75 heavy (non-hydrogen) atoms. The zero-order valence-corrected chi connectivity index (χ0v) is 47.3. The predicted molar refractivity (Wildman–Crippen MR) is 287 cm³/mol. The Kier molecular flexibility index (Phi) is 31.3. The number of benzene rings is 1. The van der Waals surface area contributed by atoms with Crippen LogP contribution in [0.2, 0.25) is 0 Å². The van der Waals surface area contributed by atoms with Crippen LogP contribution in [0.4, 0.5) is 0 Å². The minimum Gasteiger partial charge on any atom is -0.379 e. The Bertz CT molecular complexity index is 1920. The molecule has 7 unspecified atom stereocenters. The van der Waals surface area contributed by atoms with Gasteiger partial charge in [0.25, 0.3) is 0 Å². The largest absolute Gasteiger partial charge is 0.379 e. The van der Waals surface area contributed by atoms with E-state index in [1.807, 2.05) is 70.3 Å². The van der Waals surface area contributed by atoms with Gasteiger partial charge in [-0.3, -0.25) is 24.0 Å². The SMILES string of the molecule is CCC(C)C(C(CC(=O)N1CCC[C@H]1C(OC)C(C)C(=O)NC(Cc1ccccc1)c1nccs1)OC)N(C)C(=O)C(NC(=O)C(C)(C)NC(=O)CCOCCOCCOCCOCCOCCOCCN)C(C)C. The predicted octanol–water partition coefficient (Wildman–Crippen LogP) is 3.95. The molecule has 2 heterocycles. The molecule has 3 rings (SSSR count). The van der Waals surface area contributed by atoms with Crippen LogP contribution in [0.25, 0.3) is 0 Å². The van der Waals surface area contributed by atoms with Crippen molar-refractivity contribution in [3.8, 4) is 0 Å². The summed E-state index contributed by atoms with van der Waals surface area (Å²) in [4.78, 5) is 77.7. The van der Waals surface area contributed by atoms with Gasteiger partial charge in [0, 0.05) is 52.4 Å². The monoisotopic (exact) mass is 1080 g/mol. The quantitative estimate of drug-likeness (QED) is 0.0692. The summed E-state index contributed by atoms with van der Waals surface area (Å²) in [5, 5.41) is 11.6. The van der Waals surface area contributed by atoms with E-state index in [4.69, 9.17) is 43.6 Å². The van der Waals surface area contributed by atoms with Crippen LogP contribution in [0.15, 0.2) is 41.9 Å². The number of methoxy groups -OCH3 is 2. The summed E-state index contributed by atoms with van der Waals surface area (Å²) in [5.41, 5.74) is 5.08. The van der Waals surface area contributed by atoms with Crippen molar-refractivity contribution < 1.29 is 61.9 Å². The molecular formula is C54H91N7O13S. The smallest absolute Gasteiger partial charge is 0.245 e. The number of hydrogen-bond acceptors (Lipinski definition) is 16. The molecule has 21 heteroatoms. The average Bonchev–Trinajstić information content (AvgIpc) is 4.12. The van der Waals surface area contributed by atoms with E-state index in [-0.39, 0.29) is 67.7 Å². The summed E-state index contributed by atoms with van der Waals surface area (Å²) >= 11 is 1.49. The molecule has 5 N–H and O–H groups in total. The highest BCUT2D eigenvalue weighted by Crippen LogP contribution is 2.31. The first-order valence-corrected chi connectivity index (χ1v) is 27.5. The van der Waals surface area contributed by atoms with Gasteiger partial charge in [-0.2, -0.15) is 0 Å². The summed E-state index contributed by atoms with van der Waals surface area (Å²) in [6.07, 6.45) is 3.08. The minimum atomic E-state index is -1.36. The fourth-order valence-corrected chi connectivity index (χ4v) is 9.73. The van der Waals surface area contributed by atoms with Gasteiger partial charge >= 0.3 is 0 Å². The molecule has 1 fully saturated rings. The van der Waals surface area contributed by atoms with Crippen molar-refractivity contribution in [3.63, 3.8) is 0 Å². The molecule has 1 aliphatic rings. The number of ether oxygens (including phenoxy) is 8. The van der Waals surface area contributed by atoms with Crippen LogP contribution < -0.4 is 21.7 Å². The zero-order chi connectivity index (χ0) is 55.2. The highest BCUT2D eigenvalue weighted by atomic mass is 32.1. The number of nitrogens with one attached hydrogen (secondary N) is 3. The lowest BCUT2D eigenvalue weighted by atomic mass is 9.89. The third kappa shape index (κ3) is 22.8. The fraction of sp³-hybridized carbons (Fsp3) is 0.741. The fourth-order valence-electron chi connectivity index (χ4n) is 9.04. The van der Waals surface area contributed by atoms with Crippen molar-refractivity contribution in [1.82, 2.24) is 30.7 Å². The third-order valence-corrected chi connectivity index (χ3v) is 14.3. The van der Waals surface area contributed by atoms with Crippen LogP contribution >= 0.6 is 11.3 Å². The lowest BCUT2D eigenvalue weighted by molar-refractivity contribution is -0.148. The molecular weight excluding hydrogens is 987 g/mol. The Labute approximate surface area is 450 Å². The van der Waals surface area contributed by atoms with Crippen molar-refractivity contribution in [2.75, 3.05) is 114 Å². The number of hydrogen-bond donors (Lipinski definition) is 4. The van der Waals surface area contributed by atoms with Gasteiger partial charge in [0.1, 0.15) is 16.6 Å². The Morgan fingerprint density at radius 1 is 0.827 bits per heavy atom. The Morgan fingerprint density at radius 3 is 1.91 bits per heavy atom. The topological polar surface area (TPSA) is 241 Å². The van der Waals surface area contributed by atoms with Crippen LogP contribution in [0.1, 0.15) is 97.2 Å². The number of nitrogens with zero attached hydrogens (tertiary/aromatic N) is 3. The molecule has 1 aromatic carbocycles. The highest BCUT2D eigenvalue weighted by Gasteiger charge is 2.44. The van der Waals surface area contributed by atoms with Crippen LogP contribution in [0.3, 0.4) is 0 Å². The summed E-state index contributed by atoms with van der Waals surface area (Å²) in [6.45, 7) is 18.5. The maximum Gasteiger partial charge on any atom is 0.245 e. The second-order valence-corrected chi connectivity index (χ2v) is 20.7. The average molecular weight is 1080 g/mol. The van der Waals surface area contributed by atoms with E-state index in [0.29, 0.717) is 98.4 Å². The Hall–Kier alpha value is -4.16. The van der Waals surface area contributed by atoms with Gasteiger partial charge in [-0.15, -0.1) is 11.3 Å². The number of amides is 5. The number of likely N-dealkylation sites (tertiary alicyclic amines) is 1. The van der Waals surface area contributed by atoms with E-state index in [1.54, 1.807) is 44.0 Å². The Morgan fingerprint density at radius 2 is 1.40 bits per heavy atom. The van der Waals surface area contributed by atoms with Crippen molar-refractivity contribution in [1.29, 1.82) is 0 Å². The van der Waals surface area contributed by atoms with Gasteiger partial charge in [0.05, 0.1) is 122 Å². The molecule has 2 aromatic rings. The first kappa shape index (κ1) is 65.1. The molecule has 1 saturated heterocycles. The molecule has 426 valence electrons. The molecule has 20 nitrogen and oxygen atoms in total. The molecule has 0 aliphatic carbocycles. The highest BCUT2D eigenvalue weighted by molar-refractivity contribution is 7.09. The number of thiazole rings is 1. The van der Waals surface area contributed by atoms with Gasteiger partial charge in [0.15, 0.2) is 0 Å². The van der Waals surface area contributed by atoms with Crippen molar-refractivity contribution in [2.45, 2.75) is 129 Å². The molecule has 0 radical (unpaired) electrons. The van der Waals surface area contributed by atoms with Gasteiger partial charge in [-0.25, -0.2) is 4.98 Å². The lowest BCUT2D eigenvalue weighted by Crippen LogP contribution is -2.62. The standard InChI is InChI=1S/C54H91N7O13S/c1-11-39(4)48(44(67-9)37-46(63)61-22-15-18-43(61)49(68-10)40(5)50(64)57-42(51-56-21-35-75-51)36-41-16-13-12-14-17-41)60(8)52(65)47(38(2)3)58-53(66)54(6,7)59-45(62)19-23-69-25-27-71-29-31-73-33-34-74-32-30-72-28-26-70-24-20-55/h12-14,16-17,21,35,38-40,42-44,47-49H,11,15,18-20,22-34,36-37,55H2,1-10H3,(H,57,64)(H,58,66)(H,59,62)/t39?,40?,42?,43-,44?,47?,48?,49?/m0/s1. The number of aromatic nitrogens is 1. The molecule has 8 atom stereocenters. The van der Waals surface area contributed by atoms with Crippen molar-refractivity contribution in [2.24, 2.45) is 23.5 Å².